The number of hydrogen-bond donors (Lipinski definition) is 3. The van der Waals surface area contributed by atoms with Crippen molar-refractivity contribution in [1.29, 1.82) is 0 Å². The van der Waals surface area contributed by atoms with Gasteiger partial charge in [0.25, 0.3) is 0 Å². The molecule has 0 aliphatic heterocycles. The summed E-state index contributed by atoms with van der Waals surface area (Å²) in [5.41, 5.74) is 0.424. The molecular formula is C12H17BrN2O2. The normalized spacial score (nSPS) is 12.2. The zero-order valence-electron chi connectivity index (χ0n) is 9.96. The van der Waals surface area contributed by atoms with E-state index in [2.05, 4.69) is 26.6 Å². The molecule has 1 atom stereocenters. The number of nitrogens with one attached hydrogen (secondary N) is 2. The van der Waals surface area contributed by atoms with E-state index in [1.165, 1.54) is 0 Å². The number of anilines is 1. The molecule has 1 rings (SSSR count). The third-order valence-electron chi connectivity index (χ3n) is 2.39. The predicted octanol–water partition coefficient (Wildman–Crippen LogP) is 2.34. The van der Waals surface area contributed by atoms with Gasteiger partial charge in [0, 0.05) is 12.5 Å². The van der Waals surface area contributed by atoms with Crippen molar-refractivity contribution in [2.75, 3.05) is 18.4 Å². The molecule has 0 heterocycles. The van der Waals surface area contributed by atoms with E-state index in [1.807, 2.05) is 13.8 Å². The highest BCUT2D eigenvalue weighted by Gasteiger charge is 2.14. The summed E-state index contributed by atoms with van der Waals surface area (Å²) < 4.78 is 0.564. The Morgan fingerprint density at radius 1 is 1.53 bits per heavy atom. The zero-order valence-corrected chi connectivity index (χ0v) is 11.5. The molecule has 1 unspecified atom stereocenters. The minimum absolute atomic E-state index is 0.0523. The molecule has 0 spiro atoms. The molecule has 3 N–H and O–H groups in total. The fraction of sp³-hybridized carbons (Fsp3) is 0.417. The van der Waals surface area contributed by atoms with Crippen molar-refractivity contribution >= 4 is 27.5 Å². The van der Waals surface area contributed by atoms with Gasteiger partial charge < -0.3 is 15.7 Å². The molecule has 1 amide bonds. The van der Waals surface area contributed by atoms with Gasteiger partial charge in [-0.25, -0.2) is 0 Å². The second-order valence-corrected chi connectivity index (χ2v) is 4.69. The summed E-state index contributed by atoms with van der Waals surface area (Å²) in [5.74, 6) is -0.204. The van der Waals surface area contributed by atoms with Crippen LogP contribution in [0, 0.1) is 5.92 Å². The van der Waals surface area contributed by atoms with Crippen molar-refractivity contribution in [2.24, 2.45) is 5.92 Å². The Morgan fingerprint density at radius 3 is 2.88 bits per heavy atom. The van der Waals surface area contributed by atoms with Crippen LogP contribution >= 0.6 is 15.9 Å². The number of aromatic hydroxyl groups is 1. The molecule has 0 bridgehead atoms. The Kier molecular flexibility index (Phi) is 5.44. The van der Waals surface area contributed by atoms with E-state index in [0.29, 0.717) is 16.7 Å². The Labute approximate surface area is 110 Å². The number of carbonyl (C=O) groups excluding carboxylic acids is 1. The third kappa shape index (κ3) is 4.02. The van der Waals surface area contributed by atoms with Gasteiger partial charge in [-0.05, 0) is 34.6 Å². The largest absolute Gasteiger partial charge is 0.505 e. The lowest BCUT2D eigenvalue weighted by Crippen LogP contribution is -2.30. The molecule has 0 aliphatic carbocycles. The standard InChI is InChI=1S/C12H17BrN2O2/c1-3-14-7-8(2)12(17)15-10-6-4-5-9(13)11(10)16/h4-6,8,14,16H,3,7H2,1-2H3,(H,15,17). The van der Waals surface area contributed by atoms with Crippen LogP contribution in [0.5, 0.6) is 5.75 Å². The van der Waals surface area contributed by atoms with Gasteiger partial charge in [0.1, 0.15) is 0 Å². The number of amides is 1. The second kappa shape index (κ2) is 6.61. The lowest BCUT2D eigenvalue weighted by Gasteiger charge is -2.13. The van der Waals surface area contributed by atoms with Crippen molar-refractivity contribution in [1.82, 2.24) is 5.32 Å². The molecule has 0 saturated carbocycles. The molecule has 0 radical (unpaired) electrons. The highest BCUT2D eigenvalue weighted by atomic mass is 79.9. The van der Waals surface area contributed by atoms with E-state index >= 15 is 0 Å². The number of carbonyl (C=O) groups is 1. The molecular weight excluding hydrogens is 284 g/mol. The van der Waals surface area contributed by atoms with Crippen LogP contribution in [0.15, 0.2) is 22.7 Å². The van der Waals surface area contributed by atoms with E-state index < -0.39 is 0 Å². The lowest BCUT2D eigenvalue weighted by atomic mass is 10.1. The van der Waals surface area contributed by atoms with Crippen molar-refractivity contribution < 1.29 is 9.90 Å². The average molecular weight is 301 g/mol. The monoisotopic (exact) mass is 300 g/mol. The van der Waals surface area contributed by atoms with Crippen LogP contribution < -0.4 is 10.6 Å². The second-order valence-electron chi connectivity index (χ2n) is 3.83. The lowest BCUT2D eigenvalue weighted by molar-refractivity contribution is -0.119. The van der Waals surface area contributed by atoms with E-state index in [4.69, 9.17) is 0 Å². The molecule has 0 saturated heterocycles. The van der Waals surface area contributed by atoms with Crippen LogP contribution in [0.4, 0.5) is 5.69 Å². The molecule has 0 fully saturated rings. The minimum Gasteiger partial charge on any atom is -0.505 e. The summed E-state index contributed by atoms with van der Waals surface area (Å²) in [5, 5.41) is 15.5. The molecule has 0 aromatic heterocycles. The zero-order chi connectivity index (χ0) is 12.8. The maximum absolute atomic E-state index is 11.8. The van der Waals surface area contributed by atoms with E-state index in [9.17, 15) is 9.90 Å². The van der Waals surface area contributed by atoms with Crippen molar-refractivity contribution in [3.05, 3.63) is 22.7 Å². The smallest absolute Gasteiger partial charge is 0.228 e. The number of halogens is 1. The predicted molar refractivity (Wildman–Crippen MR) is 72.1 cm³/mol. The van der Waals surface area contributed by atoms with Gasteiger partial charge in [-0.3, -0.25) is 4.79 Å². The van der Waals surface area contributed by atoms with Gasteiger partial charge in [-0.15, -0.1) is 0 Å². The van der Waals surface area contributed by atoms with Crippen LogP contribution in [0.3, 0.4) is 0 Å². The Balaban J connectivity index is 2.64. The molecule has 0 aliphatic rings. The molecule has 1 aromatic carbocycles. The number of benzene rings is 1. The van der Waals surface area contributed by atoms with Gasteiger partial charge in [0.05, 0.1) is 10.2 Å². The van der Waals surface area contributed by atoms with Crippen molar-refractivity contribution in [3.8, 4) is 5.75 Å². The quantitative estimate of drug-likeness (QED) is 0.732. The van der Waals surface area contributed by atoms with Crippen LogP contribution in [0.2, 0.25) is 0 Å². The highest BCUT2D eigenvalue weighted by Crippen LogP contribution is 2.31. The first kappa shape index (κ1) is 14.0. The summed E-state index contributed by atoms with van der Waals surface area (Å²) in [4.78, 5) is 11.8. The maximum atomic E-state index is 11.8. The fourth-order valence-electron chi connectivity index (χ4n) is 1.33. The first-order valence-electron chi connectivity index (χ1n) is 5.55. The summed E-state index contributed by atoms with van der Waals surface area (Å²) in [6.45, 7) is 5.29. The molecule has 4 nitrogen and oxygen atoms in total. The summed E-state index contributed by atoms with van der Waals surface area (Å²) in [6, 6.07) is 5.14. The topological polar surface area (TPSA) is 61.4 Å². The van der Waals surface area contributed by atoms with Gasteiger partial charge in [0.15, 0.2) is 5.75 Å². The molecule has 1 aromatic rings. The van der Waals surface area contributed by atoms with Gasteiger partial charge >= 0.3 is 0 Å². The van der Waals surface area contributed by atoms with Crippen LogP contribution in [0.25, 0.3) is 0 Å². The average Bonchev–Trinajstić information content (AvgIpc) is 2.31. The van der Waals surface area contributed by atoms with E-state index in [-0.39, 0.29) is 17.6 Å². The van der Waals surface area contributed by atoms with Crippen molar-refractivity contribution in [2.45, 2.75) is 13.8 Å². The first-order chi connectivity index (χ1) is 8.06. The van der Waals surface area contributed by atoms with Crippen LogP contribution in [-0.4, -0.2) is 24.1 Å². The number of para-hydroxylation sites is 1. The van der Waals surface area contributed by atoms with Gasteiger partial charge in [0.2, 0.25) is 5.91 Å². The number of phenols is 1. The molecule has 94 valence electrons. The molecule has 5 heteroatoms. The van der Waals surface area contributed by atoms with Gasteiger partial charge in [-0.2, -0.15) is 0 Å². The highest BCUT2D eigenvalue weighted by molar-refractivity contribution is 9.10. The van der Waals surface area contributed by atoms with Gasteiger partial charge in [-0.1, -0.05) is 19.9 Å². The fourth-order valence-corrected chi connectivity index (χ4v) is 1.69. The number of rotatable bonds is 5. The third-order valence-corrected chi connectivity index (χ3v) is 3.03. The Bertz CT molecular complexity index is 396. The summed E-state index contributed by atoms with van der Waals surface area (Å²) in [6.07, 6.45) is 0. The number of hydrogen-bond acceptors (Lipinski definition) is 3. The van der Waals surface area contributed by atoms with Crippen molar-refractivity contribution in [3.63, 3.8) is 0 Å². The summed E-state index contributed by atoms with van der Waals surface area (Å²) >= 11 is 3.20. The molecule has 17 heavy (non-hydrogen) atoms. The summed E-state index contributed by atoms with van der Waals surface area (Å²) in [7, 11) is 0. The number of phenolic OH excluding ortho intramolecular Hbond substituents is 1. The van der Waals surface area contributed by atoms with E-state index in [0.717, 1.165) is 6.54 Å². The maximum Gasteiger partial charge on any atom is 0.228 e. The first-order valence-corrected chi connectivity index (χ1v) is 6.34. The van der Waals surface area contributed by atoms with Crippen LogP contribution in [-0.2, 0) is 4.79 Å². The van der Waals surface area contributed by atoms with Crippen LogP contribution in [0.1, 0.15) is 13.8 Å². The Morgan fingerprint density at radius 2 is 2.24 bits per heavy atom. The van der Waals surface area contributed by atoms with E-state index in [1.54, 1.807) is 18.2 Å². The Hall–Kier alpha value is -1.07. The minimum atomic E-state index is -0.145. The SMILES string of the molecule is CCNCC(C)C(=O)Nc1cccc(Br)c1O.